The molecule has 2 rings (SSSR count). The summed E-state index contributed by atoms with van der Waals surface area (Å²) in [6, 6.07) is 6.02. The lowest BCUT2D eigenvalue weighted by Gasteiger charge is -2.51. The van der Waals surface area contributed by atoms with Crippen LogP contribution in [0.2, 0.25) is 5.02 Å². The maximum absolute atomic E-state index is 13.1. The summed E-state index contributed by atoms with van der Waals surface area (Å²) in [7, 11) is -4.49. The molecule has 8 nitrogen and oxygen atoms in total. The van der Waals surface area contributed by atoms with E-state index in [0.29, 0.717) is 10.6 Å². The van der Waals surface area contributed by atoms with Gasteiger partial charge in [-0.25, -0.2) is 0 Å². The van der Waals surface area contributed by atoms with Gasteiger partial charge < -0.3 is 15.3 Å². The molecule has 0 spiro atoms. The molecule has 0 aromatic heterocycles. The second-order valence-electron chi connectivity index (χ2n) is 8.78. The molecule has 1 aromatic carbocycles. The van der Waals surface area contributed by atoms with Crippen molar-refractivity contribution < 1.29 is 27.7 Å². The van der Waals surface area contributed by atoms with Gasteiger partial charge in [0.1, 0.15) is 6.04 Å². The Kier molecular flexibility index (Phi) is 7.23. The van der Waals surface area contributed by atoms with Crippen LogP contribution in [0.25, 0.3) is 0 Å². The summed E-state index contributed by atoms with van der Waals surface area (Å²) >= 11 is 5.96. The largest absolute Gasteiger partial charge is 0.384 e. The predicted octanol–water partition coefficient (Wildman–Crippen LogP) is 1.81. The third kappa shape index (κ3) is 5.51. The van der Waals surface area contributed by atoms with Crippen molar-refractivity contribution in [1.29, 1.82) is 0 Å². The molecule has 1 fully saturated rings. The topological polar surface area (TPSA) is 124 Å². The third-order valence-corrected chi connectivity index (χ3v) is 6.52. The molecule has 2 amide bonds. The first-order valence-corrected chi connectivity index (χ1v) is 11.7. The van der Waals surface area contributed by atoms with Gasteiger partial charge in [-0.3, -0.25) is 14.1 Å². The summed E-state index contributed by atoms with van der Waals surface area (Å²) in [5.41, 5.74) is -1.16. The number of nitrogens with one attached hydrogen (secondary N) is 1. The maximum atomic E-state index is 13.1. The number of amides is 2. The molecule has 0 aliphatic carbocycles. The molecule has 1 aromatic rings. The number of rotatable bonds is 6. The zero-order chi connectivity index (χ0) is 22.9. The fraction of sp³-hybridized carbons (Fsp3) is 0.600. The molecule has 3 N–H and O–H groups in total. The molecular weight excluding hydrogens is 432 g/mol. The highest BCUT2D eigenvalue weighted by atomic mass is 35.5. The molecule has 10 heteroatoms. The standard InChI is InChI=1S/C20H29ClN2O6S/c1-13(2)17(22-16(24)11-30(27,28)29)18(25)23-10-9-20(26,19(3,4)12-23)14-5-7-15(21)8-6-14/h5-8,13,17,26H,9-12H2,1-4H3,(H,22,24)(H,27,28,29). The monoisotopic (exact) mass is 460 g/mol. The van der Waals surface area contributed by atoms with E-state index in [1.165, 1.54) is 0 Å². The molecule has 0 saturated carbocycles. The number of hydrogen-bond acceptors (Lipinski definition) is 5. The predicted molar refractivity (Wildman–Crippen MR) is 114 cm³/mol. The Morgan fingerprint density at radius 1 is 1.23 bits per heavy atom. The molecule has 30 heavy (non-hydrogen) atoms. The smallest absolute Gasteiger partial charge is 0.274 e. The van der Waals surface area contributed by atoms with Crippen LogP contribution in [0.15, 0.2) is 24.3 Å². The number of nitrogens with zero attached hydrogens (tertiary/aromatic N) is 1. The van der Waals surface area contributed by atoms with Gasteiger partial charge in [0.25, 0.3) is 10.1 Å². The van der Waals surface area contributed by atoms with Crippen LogP contribution in [0, 0.1) is 11.3 Å². The number of piperidine rings is 1. The van der Waals surface area contributed by atoms with Crippen molar-refractivity contribution in [3.63, 3.8) is 0 Å². The SMILES string of the molecule is CC(C)C(NC(=O)CS(=O)(=O)O)C(=O)N1CCC(O)(c2ccc(Cl)cc2)C(C)(C)C1. The van der Waals surface area contributed by atoms with E-state index < -0.39 is 38.8 Å². The molecule has 1 aliphatic rings. The van der Waals surface area contributed by atoms with E-state index in [1.807, 2.05) is 13.8 Å². The van der Waals surface area contributed by atoms with Crippen molar-refractivity contribution in [2.45, 2.75) is 45.8 Å². The molecular formula is C20H29ClN2O6S. The van der Waals surface area contributed by atoms with Crippen LogP contribution in [-0.2, 0) is 25.3 Å². The van der Waals surface area contributed by atoms with Gasteiger partial charge in [-0.15, -0.1) is 0 Å². The first-order valence-electron chi connectivity index (χ1n) is 9.68. The highest BCUT2D eigenvalue weighted by Gasteiger charge is 2.50. The summed E-state index contributed by atoms with van der Waals surface area (Å²) in [6.07, 6.45) is 0.289. The zero-order valence-electron chi connectivity index (χ0n) is 17.6. The van der Waals surface area contributed by atoms with E-state index in [2.05, 4.69) is 5.32 Å². The van der Waals surface area contributed by atoms with Crippen molar-refractivity contribution in [3.8, 4) is 0 Å². The summed E-state index contributed by atoms with van der Waals surface area (Å²) in [4.78, 5) is 26.6. The van der Waals surface area contributed by atoms with Gasteiger partial charge in [0.05, 0.1) is 5.60 Å². The van der Waals surface area contributed by atoms with E-state index >= 15 is 0 Å². The minimum Gasteiger partial charge on any atom is -0.384 e. The highest BCUT2D eigenvalue weighted by Crippen LogP contribution is 2.46. The van der Waals surface area contributed by atoms with Gasteiger partial charge in [0.2, 0.25) is 11.8 Å². The lowest BCUT2D eigenvalue weighted by Crippen LogP contribution is -2.60. The van der Waals surface area contributed by atoms with Crippen LogP contribution >= 0.6 is 11.6 Å². The number of carbonyl (C=O) groups excluding carboxylic acids is 2. The fourth-order valence-corrected chi connectivity index (χ4v) is 4.40. The van der Waals surface area contributed by atoms with Crippen molar-refractivity contribution >= 4 is 33.5 Å². The number of aliphatic hydroxyl groups is 1. The lowest BCUT2D eigenvalue weighted by molar-refractivity contribution is -0.156. The number of halogens is 1. The maximum Gasteiger partial charge on any atom is 0.274 e. The Labute approximate surface area is 182 Å². The van der Waals surface area contributed by atoms with Crippen LogP contribution in [0.1, 0.15) is 39.7 Å². The summed E-state index contributed by atoms with van der Waals surface area (Å²) in [5, 5.41) is 14.4. The normalized spacial score (nSPS) is 22.6. The van der Waals surface area contributed by atoms with Gasteiger partial charge in [-0.05, 0) is 30.0 Å². The number of benzene rings is 1. The number of carbonyl (C=O) groups is 2. The van der Waals surface area contributed by atoms with Crippen LogP contribution in [0.3, 0.4) is 0 Å². The van der Waals surface area contributed by atoms with Gasteiger partial charge in [-0.1, -0.05) is 51.4 Å². The van der Waals surface area contributed by atoms with Gasteiger partial charge in [-0.2, -0.15) is 8.42 Å². The van der Waals surface area contributed by atoms with Gasteiger partial charge >= 0.3 is 0 Å². The molecule has 0 radical (unpaired) electrons. The van der Waals surface area contributed by atoms with E-state index in [1.54, 1.807) is 43.0 Å². The first kappa shape index (κ1) is 24.6. The van der Waals surface area contributed by atoms with Crippen molar-refractivity contribution in [3.05, 3.63) is 34.9 Å². The molecule has 1 aliphatic heterocycles. The Bertz CT molecular complexity index is 900. The molecule has 2 atom stereocenters. The summed E-state index contributed by atoms with van der Waals surface area (Å²) < 4.78 is 30.7. The first-order chi connectivity index (χ1) is 13.7. The Morgan fingerprint density at radius 2 is 1.80 bits per heavy atom. The van der Waals surface area contributed by atoms with Crippen molar-refractivity contribution in [2.75, 3.05) is 18.8 Å². The quantitative estimate of drug-likeness (QED) is 0.556. The fourth-order valence-electron chi connectivity index (χ4n) is 3.86. The molecule has 0 bridgehead atoms. The summed E-state index contributed by atoms with van der Waals surface area (Å²) in [5.74, 6) is -2.72. The second kappa shape index (κ2) is 8.82. The number of likely N-dealkylation sites (tertiary alicyclic amines) is 1. The van der Waals surface area contributed by atoms with Gasteiger partial charge in [0, 0.05) is 23.5 Å². The summed E-state index contributed by atoms with van der Waals surface area (Å²) in [6.45, 7) is 7.69. The molecule has 1 heterocycles. The second-order valence-corrected chi connectivity index (χ2v) is 10.7. The molecule has 2 unspecified atom stereocenters. The van der Waals surface area contributed by atoms with E-state index in [4.69, 9.17) is 16.2 Å². The zero-order valence-corrected chi connectivity index (χ0v) is 19.1. The Morgan fingerprint density at radius 3 is 2.27 bits per heavy atom. The van der Waals surface area contributed by atoms with Crippen LogP contribution in [0.5, 0.6) is 0 Å². The molecule has 1 saturated heterocycles. The van der Waals surface area contributed by atoms with Crippen molar-refractivity contribution in [1.82, 2.24) is 10.2 Å². The van der Waals surface area contributed by atoms with E-state index in [0.717, 1.165) is 0 Å². The van der Waals surface area contributed by atoms with Crippen molar-refractivity contribution in [2.24, 2.45) is 11.3 Å². The van der Waals surface area contributed by atoms with Crippen LogP contribution in [-0.4, -0.2) is 59.7 Å². The van der Waals surface area contributed by atoms with Crippen LogP contribution < -0.4 is 5.32 Å². The molecule has 168 valence electrons. The average Bonchev–Trinajstić information content (AvgIpc) is 2.60. The Balaban J connectivity index is 2.19. The number of hydrogen-bond donors (Lipinski definition) is 3. The van der Waals surface area contributed by atoms with E-state index in [-0.39, 0.29) is 31.3 Å². The minimum atomic E-state index is -4.49. The van der Waals surface area contributed by atoms with Gasteiger partial charge in [0.15, 0.2) is 5.75 Å². The third-order valence-electron chi connectivity index (χ3n) is 5.65. The minimum absolute atomic E-state index is 0.238. The van der Waals surface area contributed by atoms with E-state index in [9.17, 15) is 23.1 Å². The van der Waals surface area contributed by atoms with Crippen LogP contribution in [0.4, 0.5) is 0 Å². The lowest BCUT2D eigenvalue weighted by atomic mass is 9.66. The average molecular weight is 461 g/mol. The highest BCUT2D eigenvalue weighted by molar-refractivity contribution is 7.86. The Hall–Kier alpha value is -1.68.